The summed E-state index contributed by atoms with van der Waals surface area (Å²) in [5.41, 5.74) is 3.16. The molecular formula is C16H13ClN2O2. The van der Waals surface area contributed by atoms with Gasteiger partial charge in [-0.15, -0.1) is 0 Å². The molecule has 3 aromatic rings. The van der Waals surface area contributed by atoms with Crippen molar-refractivity contribution in [2.24, 2.45) is 0 Å². The Hall–Kier alpha value is -2.07. The SMILES string of the molecule is O=Cc1c(-c2ccc(Cl)cc2)nc2oc3c(n12)CCCC3. The number of carbonyl (C=O) groups excluding carboxylic acids is 1. The molecule has 0 saturated heterocycles. The van der Waals surface area contributed by atoms with Gasteiger partial charge in [-0.3, -0.25) is 9.20 Å². The lowest BCUT2D eigenvalue weighted by Crippen LogP contribution is -2.05. The van der Waals surface area contributed by atoms with E-state index in [0.717, 1.165) is 49.0 Å². The summed E-state index contributed by atoms with van der Waals surface area (Å²) in [5.74, 6) is 1.48. The van der Waals surface area contributed by atoms with Crippen LogP contribution < -0.4 is 0 Å². The lowest BCUT2D eigenvalue weighted by Gasteiger charge is -2.09. The van der Waals surface area contributed by atoms with Crippen LogP contribution in [-0.4, -0.2) is 15.7 Å². The highest BCUT2D eigenvalue weighted by Crippen LogP contribution is 2.31. The Morgan fingerprint density at radius 1 is 1.19 bits per heavy atom. The summed E-state index contributed by atoms with van der Waals surface area (Å²) in [5, 5.41) is 0.659. The maximum Gasteiger partial charge on any atom is 0.307 e. The lowest BCUT2D eigenvalue weighted by atomic mass is 10.0. The smallest absolute Gasteiger partial charge is 0.307 e. The van der Waals surface area contributed by atoms with Crippen molar-refractivity contribution in [1.82, 2.24) is 9.38 Å². The number of nitrogens with zero attached hydrogens (tertiary/aromatic N) is 2. The summed E-state index contributed by atoms with van der Waals surface area (Å²) >= 11 is 5.91. The van der Waals surface area contributed by atoms with Crippen LogP contribution in [0.15, 0.2) is 28.7 Å². The maximum atomic E-state index is 11.6. The summed E-state index contributed by atoms with van der Waals surface area (Å²) in [4.78, 5) is 16.1. The van der Waals surface area contributed by atoms with Gasteiger partial charge in [-0.25, -0.2) is 0 Å². The normalized spacial score (nSPS) is 14.3. The van der Waals surface area contributed by atoms with Crippen LogP contribution in [0.25, 0.3) is 17.1 Å². The molecule has 0 fully saturated rings. The number of hydrogen-bond donors (Lipinski definition) is 0. The fourth-order valence-corrected chi connectivity index (χ4v) is 3.11. The van der Waals surface area contributed by atoms with Gasteiger partial charge in [0.2, 0.25) is 0 Å². The zero-order valence-corrected chi connectivity index (χ0v) is 12.1. The monoisotopic (exact) mass is 300 g/mol. The number of aryl methyl sites for hydroxylation is 2. The van der Waals surface area contributed by atoms with E-state index in [0.29, 0.717) is 22.3 Å². The minimum Gasteiger partial charge on any atom is -0.428 e. The Kier molecular flexibility index (Phi) is 2.86. The minimum atomic E-state index is 0.508. The molecule has 2 aromatic heterocycles. The first-order valence-corrected chi connectivity index (χ1v) is 7.40. The van der Waals surface area contributed by atoms with Crippen molar-refractivity contribution in [3.63, 3.8) is 0 Å². The van der Waals surface area contributed by atoms with E-state index >= 15 is 0 Å². The molecule has 0 atom stereocenters. The average molecular weight is 301 g/mol. The number of oxazole rings is 1. The van der Waals surface area contributed by atoms with Crippen molar-refractivity contribution < 1.29 is 9.21 Å². The molecule has 0 aliphatic heterocycles. The predicted molar refractivity (Wildman–Crippen MR) is 79.9 cm³/mol. The van der Waals surface area contributed by atoms with Crippen LogP contribution in [0.3, 0.4) is 0 Å². The Morgan fingerprint density at radius 3 is 2.71 bits per heavy atom. The fraction of sp³-hybridized carbons (Fsp3) is 0.250. The van der Waals surface area contributed by atoms with Gasteiger partial charge < -0.3 is 4.42 Å². The topological polar surface area (TPSA) is 47.5 Å². The molecule has 0 bridgehead atoms. The number of carbonyl (C=O) groups is 1. The predicted octanol–water partition coefficient (Wildman–Crippen LogP) is 3.94. The summed E-state index contributed by atoms with van der Waals surface area (Å²) in [6.07, 6.45) is 4.96. The third-order valence-electron chi connectivity index (χ3n) is 3.99. The highest BCUT2D eigenvalue weighted by atomic mass is 35.5. The van der Waals surface area contributed by atoms with Gasteiger partial charge in [0.25, 0.3) is 0 Å². The molecule has 4 nitrogen and oxygen atoms in total. The number of hydrogen-bond acceptors (Lipinski definition) is 3. The van der Waals surface area contributed by atoms with Gasteiger partial charge >= 0.3 is 5.84 Å². The number of aromatic nitrogens is 2. The van der Waals surface area contributed by atoms with E-state index < -0.39 is 0 Å². The van der Waals surface area contributed by atoms with E-state index in [9.17, 15) is 4.79 Å². The number of halogens is 1. The van der Waals surface area contributed by atoms with Crippen LogP contribution in [0.5, 0.6) is 0 Å². The van der Waals surface area contributed by atoms with Gasteiger partial charge in [0.05, 0.1) is 5.69 Å². The number of rotatable bonds is 2. The quantitative estimate of drug-likeness (QED) is 0.674. The average Bonchev–Trinajstić information content (AvgIpc) is 3.03. The molecule has 4 rings (SSSR count). The molecule has 1 aliphatic carbocycles. The summed E-state index contributed by atoms with van der Waals surface area (Å²) in [7, 11) is 0. The second-order valence-corrected chi connectivity index (χ2v) is 5.70. The molecule has 106 valence electrons. The van der Waals surface area contributed by atoms with Gasteiger partial charge in [-0.05, 0) is 31.4 Å². The second-order valence-electron chi connectivity index (χ2n) is 5.27. The van der Waals surface area contributed by atoms with E-state index in [1.165, 1.54) is 0 Å². The number of benzene rings is 1. The van der Waals surface area contributed by atoms with Crippen molar-refractivity contribution in [2.45, 2.75) is 25.7 Å². The fourth-order valence-electron chi connectivity index (χ4n) is 2.99. The maximum absolute atomic E-state index is 11.6. The van der Waals surface area contributed by atoms with Crippen LogP contribution in [0.2, 0.25) is 5.02 Å². The summed E-state index contributed by atoms with van der Waals surface area (Å²) in [6, 6.07) is 7.32. The van der Waals surface area contributed by atoms with Gasteiger partial charge in [0, 0.05) is 17.0 Å². The minimum absolute atomic E-state index is 0.508. The zero-order valence-electron chi connectivity index (χ0n) is 11.3. The first-order valence-electron chi connectivity index (χ1n) is 7.02. The van der Waals surface area contributed by atoms with Crippen LogP contribution in [0.1, 0.15) is 34.8 Å². The van der Waals surface area contributed by atoms with Gasteiger partial charge in [-0.2, -0.15) is 4.98 Å². The Morgan fingerprint density at radius 2 is 1.95 bits per heavy atom. The van der Waals surface area contributed by atoms with Crippen LogP contribution in [-0.2, 0) is 12.8 Å². The van der Waals surface area contributed by atoms with E-state index in [4.69, 9.17) is 16.0 Å². The Balaban J connectivity index is 1.96. The van der Waals surface area contributed by atoms with Gasteiger partial charge in [-0.1, -0.05) is 23.7 Å². The first-order chi connectivity index (χ1) is 10.3. The molecule has 0 saturated carbocycles. The largest absolute Gasteiger partial charge is 0.428 e. The molecular weight excluding hydrogens is 288 g/mol. The zero-order chi connectivity index (χ0) is 14.4. The molecule has 0 spiro atoms. The molecule has 1 aliphatic rings. The molecule has 0 radical (unpaired) electrons. The standard InChI is InChI=1S/C16H13ClN2O2/c17-11-7-5-10(6-8-11)15-13(9-20)19-12-3-1-2-4-14(12)21-16(19)18-15/h5-9H,1-4H2. The Bertz CT molecular complexity index is 830. The van der Waals surface area contributed by atoms with Crippen LogP contribution in [0, 0.1) is 0 Å². The second kappa shape index (κ2) is 4.74. The van der Waals surface area contributed by atoms with E-state index in [1.807, 2.05) is 16.5 Å². The summed E-state index contributed by atoms with van der Waals surface area (Å²) < 4.78 is 7.69. The highest BCUT2D eigenvalue weighted by Gasteiger charge is 2.24. The van der Waals surface area contributed by atoms with Crippen molar-refractivity contribution >= 4 is 23.7 Å². The van der Waals surface area contributed by atoms with Gasteiger partial charge in [0.1, 0.15) is 17.1 Å². The highest BCUT2D eigenvalue weighted by molar-refractivity contribution is 6.30. The van der Waals surface area contributed by atoms with Crippen molar-refractivity contribution in [3.8, 4) is 11.3 Å². The summed E-state index contributed by atoms with van der Waals surface area (Å²) in [6.45, 7) is 0. The molecule has 21 heavy (non-hydrogen) atoms. The number of fused-ring (bicyclic) bond motifs is 3. The lowest BCUT2D eigenvalue weighted by molar-refractivity contribution is 0.111. The van der Waals surface area contributed by atoms with E-state index in [1.54, 1.807) is 12.1 Å². The number of imidazole rings is 1. The van der Waals surface area contributed by atoms with Crippen LogP contribution in [0.4, 0.5) is 0 Å². The molecule has 5 heteroatoms. The molecule has 0 amide bonds. The van der Waals surface area contributed by atoms with Crippen LogP contribution >= 0.6 is 11.6 Å². The molecule has 0 N–H and O–H groups in total. The van der Waals surface area contributed by atoms with Crippen molar-refractivity contribution in [1.29, 1.82) is 0 Å². The van der Waals surface area contributed by atoms with Crippen molar-refractivity contribution in [3.05, 3.63) is 46.4 Å². The molecule has 0 unspecified atom stereocenters. The third-order valence-corrected chi connectivity index (χ3v) is 4.24. The molecule has 2 heterocycles. The van der Waals surface area contributed by atoms with E-state index in [2.05, 4.69) is 4.98 Å². The van der Waals surface area contributed by atoms with E-state index in [-0.39, 0.29) is 0 Å². The first kappa shape index (κ1) is 12.7. The Labute approximate surface area is 126 Å². The van der Waals surface area contributed by atoms with Gasteiger partial charge in [0.15, 0.2) is 6.29 Å². The third kappa shape index (κ3) is 1.90. The number of aldehydes is 1. The molecule has 1 aromatic carbocycles. The van der Waals surface area contributed by atoms with Crippen molar-refractivity contribution in [2.75, 3.05) is 0 Å².